The van der Waals surface area contributed by atoms with Crippen molar-refractivity contribution >= 4 is 53.4 Å². The number of hydrogen-bond acceptors (Lipinski definition) is 6. The van der Waals surface area contributed by atoms with Gasteiger partial charge in [0.1, 0.15) is 6.10 Å². The van der Waals surface area contributed by atoms with Crippen molar-refractivity contribution in [3.05, 3.63) is 0 Å². The van der Waals surface area contributed by atoms with E-state index in [1.165, 1.54) is 6.92 Å². The summed E-state index contributed by atoms with van der Waals surface area (Å²) in [6.45, 7) is 1.20. The third-order valence-electron chi connectivity index (χ3n) is 1.64. The number of aliphatic hydroxyl groups is 2. The summed E-state index contributed by atoms with van der Waals surface area (Å²) in [6.07, 6.45) is -3.52. The molecule has 6 N–H and O–H groups in total. The van der Waals surface area contributed by atoms with Crippen LogP contribution in [0.15, 0.2) is 0 Å². The Kier molecular flexibility index (Phi) is 12.6. The van der Waals surface area contributed by atoms with Crippen LogP contribution >= 0.6 is 0 Å². The van der Waals surface area contributed by atoms with Gasteiger partial charge in [0.05, 0.1) is 12.8 Å². The van der Waals surface area contributed by atoms with Crippen molar-refractivity contribution in [2.75, 3.05) is 0 Å². The van der Waals surface area contributed by atoms with E-state index < -0.39 is 48.4 Å². The number of aliphatic carboxylic acids is 4. The van der Waals surface area contributed by atoms with Crippen LogP contribution in [0.3, 0.4) is 0 Å². The molecule has 10 nitrogen and oxygen atoms in total. The van der Waals surface area contributed by atoms with E-state index in [0.717, 1.165) is 0 Å². The summed E-state index contributed by atoms with van der Waals surface area (Å²) < 4.78 is 0. The molecule has 112 valence electrons. The van der Waals surface area contributed by atoms with Crippen molar-refractivity contribution in [1.29, 1.82) is 0 Å². The van der Waals surface area contributed by atoms with Gasteiger partial charge in [-0.3, -0.25) is 9.59 Å². The topological polar surface area (TPSA) is 190 Å². The van der Waals surface area contributed by atoms with E-state index in [2.05, 4.69) is 0 Å². The van der Waals surface area contributed by atoms with Crippen LogP contribution in [0.1, 0.15) is 19.8 Å². The fourth-order valence-electron chi connectivity index (χ4n) is 0.714. The van der Waals surface area contributed by atoms with Gasteiger partial charge < -0.3 is 30.6 Å². The molecule has 0 spiro atoms. The molecule has 1 atom stereocenters. The number of rotatable bonds is 6. The van der Waals surface area contributed by atoms with E-state index in [1.54, 1.807) is 0 Å². The molecule has 0 aromatic carbocycles. The zero-order valence-corrected chi connectivity index (χ0v) is 9.81. The molecular weight excluding hydrogens is 291 g/mol. The van der Waals surface area contributed by atoms with Crippen LogP contribution < -0.4 is 0 Å². The number of carbonyl (C=O) groups is 4. The zero-order chi connectivity index (χ0) is 15.8. The molecule has 0 aromatic heterocycles. The van der Waals surface area contributed by atoms with Gasteiger partial charge in [-0.2, -0.15) is 0 Å². The third-order valence-corrected chi connectivity index (χ3v) is 1.64. The molecule has 0 heterocycles. The molecule has 0 aliphatic rings. The van der Waals surface area contributed by atoms with Gasteiger partial charge >= 0.3 is 53.4 Å². The fourth-order valence-corrected chi connectivity index (χ4v) is 0.714. The second kappa shape index (κ2) is 10.6. The molecule has 0 saturated carbocycles. The van der Waals surface area contributed by atoms with Crippen LogP contribution in [-0.4, -0.2) is 95.8 Å². The molecular formula is C9H15NaO10. The molecule has 0 aliphatic carbocycles. The Bertz CT molecular complexity index is 348. The van der Waals surface area contributed by atoms with Gasteiger partial charge in [-0.05, 0) is 6.92 Å². The second-order valence-electron chi connectivity index (χ2n) is 3.49. The number of aliphatic hydroxyl groups excluding tert-OH is 1. The summed E-state index contributed by atoms with van der Waals surface area (Å²) in [7, 11) is 0. The van der Waals surface area contributed by atoms with E-state index in [4.69, 9.17) is 30.6 Å². The minimum absolute atomic E-state index is 0. The van der Waals surface area contributed by atoms with E-state index in [1.807, 2.05) is 0 Å². The van der Waals surface area contributed by atoms with Gasteiger partial charge in [0.2, 0.25) is 0 Å². The molecule has 0 radical (unpaired) electrons. The minimum atomic E-state index is -2.74. The predicted molar refractivity (Wildman–Crippen MR) is 63.6 cm³/mol. The maximum atomic E-state index is 10.3. The summed E-state index contributed by atoms with van der Waals surface area (Å²) >= 11 is 0. The quantitative estimate of drug-likeness (QED) is 0.287. The van der Waals surface area contributed by atoms with Crippen LogP contribution in [-0.2, 0) is 19.2 Å². The van der Waals surface area contributed by atoms with Gasteiger partial charge in [-0.1, -0.05) is 0 Å². The van der Waals surface area contributed by atoms with Crippen molar-refractivity contribution in [1.82, 2.24) is 0 Å². The Morgan fingerprint density at radius 1 is 0.950 bits per heavy atom. The van der Waals surface area contributed by atoms with E-state index in [9.17, 15) is 19.2 Å². The Balaban J connectivity index is -0.000000352. The van der Waals surface area contributed by atoms with E-state index >= 15 is 0 Å². The Labute approximate surface area is 134 Å². The van der Waals surface area contributed by atoms with Crippen LogP contribution in [0.25, 0.3) is 0 Å². The summed E-state index contributed by atoms with van der Waals surface area (Å²) in [4.78, 5) is 39.9. The Hall–Kier alpha value is -1.20. The summed E-state index contributed by atoms with van der Waals surface area (Å²) in [5.41, 5.74) is -2.74. The molecule has 0 saturated heterocycles. The third kappa shape index (κ3) is 11.9. The summed E-state index contributed by atoms with van der Waals surface area (Å²) in [5, 5.41) is 49.6. The van der Waals surface area contributed by atoms with Crippen LogP contribution in [0.4, 0.5) is 0 Å². The fraction of sp³-hybridized carbons (Fsp3) is 0.556. The predicted octanol–water partition coefficient (Wildman–Crippen LogP) is -2.45. The van der Waals surface area contributed by atoms with Crippen LogP contribution in [0.5, 0.6) is 0 Å². The second-order valence-corrected chi connectivity index (χ2v) is 3.49. The van der Waals surface area contributed by atoms with Gasteiger partial charge in [-0.15, -0.1) is 0 Å². The van der Waals surface area contributed by atoms with Crippen molar-refractivity contribution in [2.45, 2.75) is 31.5 Å². The molecule has 20 heavy (non-hydrogen) atoms. The molecule has 0 aliphatic heterocycles. The molecule has 0 aromatic rings. The number of carboxylic acid groups (broad SMARTS) is 4. The van der Waals surface area contributed by atoms with E-state index in [0.29, 0.717) is 0 Å². The Morgan fingerprint density at radius 3 is 1.30 bits per heavy atom. The van der Waals surface area contributed by atoms with Crippen molar-refractivity contribution in [3.8, 4) is 0 Å². The first kappa shape index (κ1) is 23.9. The SMILES string of the molecule is CC(O)C(=O)O.O=C(O)CC(O)(CC(=O)O)C(=O)O.[NaH]. The van der Waals surface area contributed by atoms with Crippen LogP contribution in [0, 0.1) is 0 Å². The first-order valence-electron chi connectivity index (χ1n) is 4.72. The normalized spacial score (nSPS) is 11.2. The maximum absolute atomic E-state index is 10.3. The van der Waals surface area contributed by atoms with Gasteiger partial charge in [0.25, 0.3) is 0 Å². The standard InChI is InChI=1S/C6H8O7.C3H6O3.Na.H/c7-3(8)1-6(13,5(11)12)2-4(9)10;1-2(4)3(5)6;;/h13H,1-2H2,(H,7,8)(H,9,10)(H,11,12);2,4H,1H3,(H,5,6);;. The van der Waals surface area contributed by atoms with Crippen molar-refractivity contribution in [3.63, 3.8) is 0 Å². The first-order chi connectivity index (χ1) is 8.42. The summed E-state index contributed by atoms with van der Waals surface area (Å²) in [5.74, 6) is -6.20. The van der Waals surface area contributed by atoms with Crippen molar-refractivity contribution in [2.24, 2.45) is 0 Å². The zero-order valence-electron chi connectivity index (χ0n) is 9.81. The molecule has 0 bridgehead atoms. The summed E-state index contributed by atoms with van der Waals surface area (Å²) in [6, 6.07) is 0. The van der Waals surface area contributed by atoms with E-state index in [-0.39, 0.29) is 29.6 Å². The first-order valence-corrected chi connectivity index (χ1v) is 4.72. The molecule has 1 unspecified atom stereocenters. The average molecular weight is 306 g/mol. The molecule has 0 amide bonds. The monoisotopic (exact) mass is 306 g/mol. The number of hydrogen-bond donors (Lipinski definition) is 6. The average Bonchev–Trinajstić information content (AvgIpc) is 2.14. The number of carboxylic acids is 4. The van der Waals surface area contributed by atoms with Crippen LogP contribution in [0.2, 0.25) is 0 Å². The molecule has 11 heteroatoms. The molecule has 0 fully saturated rings. The molecule has 0 rings (SSSR count). The van der Waals surface area contributed by atoms with Crippen molar-refractivity contribution < 1.29 is 49.8 Å². The Morgan fingerprint density at radius 2 is 1.20 bits per heavy atom. The van der Waals surface area contributed by atoms with Gasteiger partial charge in [0, 0.05) is 0 Å². The van der Waals surface area contributed by atoms with Gasteiger partial charge in [0.15, 0.2) is 5.60 Å². The van der Waals surface area contributed by atoms with Gasteiger partial charge in [-0.25, -0.2) is 9.59 Å².